The molecule has 1 aliphatic heterocycles. The van der Waals surface area contributed by atoms with Gasteiger partial charge in [0.1, 0.15) is 5.75 Å². The lowest BCUT2D eigenvalue weighted by Crippen LogP contribution is -2.32. The lowest BCUT2D eigenvalue weighted by molar-refractivity contribution is 0.220. The summed E-state index contributed by atoms with van der Waals surface area (Å²) in [5.41, 5.74) is 2.72. The zero-order valence-corrected chi connectivity index (χ0v) is 10.4. The van der Waals surface area contributed by atoms with Crippen LogP contribution in [0.2, 0.25) is 0 Å². The second kappa shape index (κ2) is 5.20. The normalized spacial score (nSPS) is 19.5. The van der Waals surface area contributed by atoms with Crippen molar-refractivity contribution in [3.05, 3.63) is 29.3 Å². The van der Waals surface area contributed by atoms with Crippen molar-refractivity contribution in [2.24, 2.45) is 0 Å². The first-order valence-corrected chi connectivity index (χ1v) is 6.00. The van der Waals surface area contributed by atoms with Gasteiger partial charge in [0.15, 0.2) is 0 Å². The molecule has 0 amide bonds. The smallest absolute Gasteiger partial charge is 0.119 e. The second-order valence-corrected chi connectivity index (χ2v) is 4.51. The maximum atomic E-state index is 8.72. The fourth-order valence-corrected chi connectivity index (χ4v) is 2.52. The number of nitriles is 1. The largest absolute Gasteiger partial charge is 0.497 e. The van der Waals surface area contributed by atoms with E-state index in [4.69, 9.17) is 10.00 Å². The van der Waals surface area contributed by atoms with Crippen LogP contribution < -0.4 is 4.74 Å². The van der Waals surface area contributed by atoms with Gasteiger partial charge in [0.25, 0.3) is 0 Å². The van der Waals surface area contributed by atoms with E-state index in [1.807, 2.05) is 6.07 Å². The molecule has 1 aromatic rings. The lowest BCUT2D eigenvalue weighted by atomic mass is 9.90. The number of hydrogen-bond donors (Lipinski definition) is 0. The average molecular weight is 230 g/mol. The molecule has 0 aliphatic carbocycles. The molecule has 3 heteroatoms. The molecule has 0 bridgehead atoms. The van der Waals surface area contributed by atoms with Crippen LogP contribution in [0.1, 0.15) is 30.0 Å². The first kappa shape index (κ1) is 11.9. The van der Waals surface area contributed by atoms with Gasteiger partial charge in [0.05, 0.1) is 13.2 Å². The number of likely N-dealkylation sites (N-methyl/N-ethyl adjacent to an activating group) is 1. The highest BCUT2D eigenvalue weighted by molar-refractivity contribution is 5.39. The third kappa shape index (κ3) is 2.42. The zero-order chi connectivity index (χ0) is 12.3. The Morgan fingerprint density at radius 3 is 3.06 bits per heavy atom. The van der Waals surface area contributed by atoms with Crippen molar-refractivity contribution >= 4 is 0 Å². The number of benzene rings is 1. The summed E-state index contributed by atoms with van der Waals surface area (Å²) in [7, 11) is 3.83. The predicted molar refractivity (Wildman–Crippen MR) is 66.9 cm³/mol. The fourth-order valence-electron chi connectivity index (χ4n) is 2.52. The van der Waals surface area contributed by atoms with Crippen LogP contribution in [0.3, 0.4) is 0 Å². The maximum absolute atomic E-state index is 8.72. The summed E-state index contributed by atoms with van der Waals surface area (Å²) in [6, 6.07) is 8.90. The van der Waals surface area contributed by atoms with E-state index in [0.717, 1.165) is 25.1 Å². The van der Waals surface area contributed by atoms with Crippen molar-refractivity contribution < 1.29 is 4.74 Å². The van der Waals surface area contributed by atoms with Crippen molar-refractivity contribution in [3.8, 4) is 11.8 Å². The summed E-state index contributed by atoms with van der Waals surface area (Å²) in [5, 5.41) is 8.72. The minimum atomic E-state index is 0.379. The Hall–Kier alpha value is -1.53. The fraction of sp³-hybridized carbons (Fsp3) is 0.500. The molecule has 3 nitrogen and oxygen atoms in total. The van der Waals surface area contributed by atoms with Gasteiger partial charge in [-0.3, -0.25) is 4.90 Å². The second-order valence-electron chi connectivity index (χ2n) is 4.51. The minimum Gasteiger partial charge on any atom is -0.497 e. The number of rotatable bonds is 3. The van der Waals surface area contributed by atoms with Gasteiger partial charge in [-0.05, 0) is 43.1 Å². The Balaban J connectivity index is 2.28. The van der Waals surface area contributed by atoms with Crippen LogP contribution in [0.5, 0.6) is 5.75 Å². The van der Waals surface area contributed by atoms with E-state index in [1.165, 1.54) is 11.1 Å². The summed E-state index contributed by atoms with van der Waals surface area (Å²) in [4.78, 5) is 2.34. The Morgan fingerprint density at radius 2 is 2.35 bits per heavy atom. The molecule has 2 rings (SSSR count). The summed E-state index contributed by atoms with van der Waals surface area (Å²) in [6.07, 6.45) is 2.58. The van der Waals surface area contributed by atoms with E-state index in [9.17, 15) is 0 Å². The van der Waals surface area contributed by atoms with E-state index < -0.39 is 0 Å². The van der Waals surface area contributed by atoms with Crippen molar-refractivity contribution in [3.63, 3.8) is 0 Å². The number of fused-ring (bicyclic) bond motifs is 1. The molecule has 0 radical (unpaired) electrons. The summed E-state index contributed by atoms with van der Waals surface area (Å²) in [6.45, 7) is 1.05. The molecule has 0 N–H and O–H groups in total. The molecule has 0 saturated carbocycles. The molecule has 1 aromatic carbocycles. The number of nitrogens with zero attached hydrogens (tertiary/aromatic N) is 2. The molecular formula is C14H18N2O. The third-order valence-corrected chi connectivity index (χ3v) is 3.50. The molecule has 1 heterocycles. The number of hydrogen-bond acceptors (Lipinski definition) is 3. The van der Waals surface area contributed by atoms with Gasteiger partial charge >= 0.3 is 0 Å². The van der Waals surface area contributed by atoms with Crippen LogP contribution in [0.25, 0.3) is 0 Å². The van der Waals surface area contributed by atoms with Gasteiger partial charge in [-0.25, -0.2) is 0 Å². The van der Waals surface area contributed by atoms with Gasteiger partial charge in [-0.1, -0.05) is 6.07 Å². The van der Waals surface area contributed by atoms with Gasteiger partial charge in [0.2, 0.25) is 0 Å². The van der Waals surface area contributed by atoms with Gasteiger partial charge in [0, 0.05) is 19.0 Å². The van der Waals surface area contributed by atoms with Crippen molar-refractivity contribution in [2.45, 2.75) is 25.3 Å². The van der Waals surface area contributed by atoms with Crippen LogP contribution in [-0.4, -0.2) is 25.6 Å². The molecule has 1 atom stereocenters. The SMILES string of the molecule is COc1ccc2c(c1)CCN(C)C2CCC#N. The van der Waals surface area contributed by atoms with E-state index in [0.29, 0.717) is 12.5 Å². The van der Waals surface area contributed by atoms with Crippen LogP contribution in [0, 0.1) is 11.3 Å². The highest BCUT2D eigenvalue weighted by atomic mass is 16.5. The van der Waals surface area contributed by atoms with Crippen molar-refractivity contribution in [1.82, 2.24) is 4.90 Å². The van der Waals surface area contributed by atoms with Gasteiger partial charge in [-0.15, -0.1) is 0 Å². The van der Waals surface area contributed by atoms with Crippen molar-refractivity contribution in [2.75, 3.05) is 20.7 Å². The number of ether oxygens (including phenoxy) is 1. The Labute approximate surface area is 103 Å². The molecule has 1 aliphatic rings. The molecule has 0 aromatic heterocycles. The highest BCUT2D eigenvalue weighted by Gasteiger charge is 2.24. The van der Waals surface area contributed by atoms with Crippen LogP contribution in [0.4, 0.5) is 0 Å². The lowest BCUT2D eigenvalue weighted by Gasteiger charge is -2.34. The molecule has 17 heavy (non-hydrogen) atoms. The van der Waals surface area contributed by atoms with E-state index in [1.54, 1.807) is 7.11 Å². The standard InChI is InChI=1S/C14H18N2O/c1-16-9-7-11-10-12(17-2)5-6-13(11)14(16)4-3-8-15/h5-6,10,14H,3-4,7,9H2,1-2H3. The molecule has 0 fully saturated rings. The van der Waals surface area contributed by atoms with E-state index >= 15 is 0 Å². The summed E-state index contributed by atoms with van der Waals surface area (Å²) in [5.74, 6) is 0.923. The predicted octanol–water partition coefficient (Wildman–Crippen LogP) is 2.53. The first-order valence-electron chi connectivity index (χ1n) is 6.00. The van der Waals surface area contributed by atoms with E-state index in [-0.39, 0.29) is 0 Å². The summed E-state index contributed by atoms with van der Waals surface area (Å²) < 4.78 is 5.26. The third-order valence-electron chi connectivity index (χ3n) is 3.50. The Bertz CT molecular complexity index is 436. The Morgan fingerprint density at radius 1 is 1.53 bits per heavy atom. The minimum absolute atomic E-state index is 0.379. The Kier molecular flexibility index (Phi) is 3.65. The molecule has 0 spiro atoms. The van der Waals surface area contributed by atoms with Crippen molar-refractivity contribution in [1.29, 1.82) is 5.26 Å². The molecule has 0 saturated heterocycles. The molecular weight excluding hydrogens is 212 g/mol. The topological polar surface area (TPSA) is 36.3 Å². The molecule has 90 valence electrons. The van der Waals surface area contributed by atoms with Gasteiger partial charge < -0.3 is 4.74 Å². The monoisotopic (exact) mass is 230 g/mol. The van der Waals surface area contributed by atoms with Crippen LogP contribution in [-0.2, 0) is 6.42 Å². The highest BCUT2D eigenvalue weighted by Crippen LogP contribution is 2.33. The molecule has 1 unspecified atom stereocenters. The van der Waals surface area contributed by atoms with Crippen LogP contribution >= 0.6 is 0 Å². The van der Waals surface area contributed by atoms with Crippen LogP contribution in [0.15, 0.2) is 18.2 Å². The quantitative estimate of drug-likeness (QED) is 0.800. The average Bonchev–Trinajstić information content (AvgIpc) is 2.37. The number of methoxy groups -OCH3 is 1. The maximum Gasteiger partial charge on any atom is 0.119 e. The van der Waals surface area contributed by atoms with Gasteiger partial charge in [-0.2, -0.15) is 5.26 Å². The summed E-state index contributed by atoms with van der Waals surface area (Å²) >= 11 is 0. The first-order chi connectivity index (χ1) is 8.26. The zero-order valence-electron chi connectivity index (χ0n) is 10.4. The van der Waals surface area contributed by atoms with E-state index in [2.05, 4.69) is 30.1 Å².